The number of allylic oxidation sites excluding steroid dienone is 4. The van der Waals surface area contributed by atoms with Gasteiger partial charge in [0, 0.05) is 31.7 Å². The van der Waals surface area contributed by atoms with Crippen LogP contribution in [0.2, 0.25) is 0 Å². The van der Waals surface area contributed by atoms with Crippen molar-refractivity contribution in [3.63, 3.8) is 0 Å². The summed E-state index contributed by atoms with van der Waals surface area (Å²) in [5.41, 5.74) is 2.29. The van der Waals surface area contributed by atoms with Crippen LogP contribution in [0.1, 0.15) is 34.3 Å². The Morgan fingerprint density at radius 2 is 2.06 bits per heavy atom. The van der Waals surface area contributed by atoms with Crippen LogP contribution in [-0.2, 0) is 11.3 Å². The lowest BCUT2D eigenvalue weighted by Gasteiger charge is -2.26. The smallest absolute Gasteiger partial charge is 0.332 e. The normalized spacial score (nSPS) is 20.9. The molecule has 0 saturated carbocycles. The zero-order valence-electron chi connectivity index (χ0n) is 18.2. The maximum atomic E-state index is 13.6. The van der Waals surface area contributed by atoms with Crippen molar-refractivity contribution in [2.24, 2.45) is 5.92 Å². The lowest BCUT2D eigenvalue weighted by molar-refractivity contribution is 0.0954. The number of amides is 3. The number of hydrogen-bond donors (Lipinski definition) is 1. The van der Waals surface area contributed by atoms with Gasteiger partial charge in [-0.2, -0.15) is 0 Å². The van der Waals surface area contributed by atoms with E-state index in [-0.39, 0.29) is 30.1 Å². The fourth-order valence-corrected chi connectivity index (χ4v) is 4.90. The van der Waals surface area contributed by atoms with E-state index >= 15 is 0 Å². The molecule has 1 N–H and O–H groups in total. The standard InChI is InChI=1S/C23H25FN4O3S/c1-14-11-17(24)9-10-18(14)27-13-19(31-3)28(23(27)30)22-26-15(2)20(32-22)21(29)25-12-16-7-5-4-6-8-16/h4-10,14,19H,11-13H2,1-3H3,(H,25,29). The molecule has 0 spiro atoms. The van der Waals surface area contributed by atoms with Gasteiger partial charge in [0.25, 0.3) is 5.91 Å². The first kappa shape index (κ1) is 22.2. The van der Waals surface area contributed by atoms with E-state index in [0.717, 1.165) is 22.6 Å². The molecule has 9 heteroatoms. The summed E-state index contributed by atoms with van der Waals surface area (Å²) in [5.74, 6) is -0.565. The first-order chi connectivity index (χ1) is 15.4. The molecule has 0 bridgehead atoms. The minimum Gasteiger partial charge on any atom is -0.359 e. The molecular formula is C23H25FN4O3S. The SMILES string of the molecule is COC1CN(C2=CC=C(F)CC2C)C(=O)N1c1nc(C)c(C(=O)NCc2ccccc2)s1. The number of carbonyl (C=O) groups is 2. The number of carbonyl (C=O) groups excluding carboxylic acids is 2. The average molecular weight is 457 g/mol. The fraction of sp³-hybridized carbons (Fsp3) is 0.348. The summed E-state index contributed by atoms with van der Waals surface area (Å²) in [6, 6.07) is 9.34. The fourth-order valence-electron chi connectivity index (χ4n) is 3.89. The summed E-state index contributed by atoms with van der Waals surface area (Å²) in [6.45, 7) is 4.34. The molecule has 1 aromatic carbocycles. The highest BCUT2D eigenvalue weighted by Gasteiger charge is 2.43. The van der Waals surface area contributed by atoms with Gasteiger partial charge in [-0.1, -0.05) is 48.6 Å². The molecule has 32 heavy (non-hydrogen) atoms. The van der Waals surface area contributed by atoms with Gasteiger partial charge in [-0.3, -0.25) is 9.69 Å². The molecule has 4 rings (SSSR count). The third-order valence-electron chi connectivity index (χ3n) is 5.58. The van der Waals surface area contributed by atoms with Gasteiger partial charge < -0.3 is 10.1 Å². The second-order valence-corrected chi connectivity index (χ2v) is 8.82. The number of aryl methyl sites for hydroxylation is 1. The number of halogens is 1. The summed E-state index contributed by atoms with van der Waals surface area (Å²) in [5, 5.41) is 3.30. The summed E-state index contributed by atoms with van der Waals surface area (Å²) in [4.78, 5) is 34.0. The minimum absolute atomic E-state index is 0.126. The quantitative estimate of drug-likeness (QED) is 0.700. The molecular weight excluding hydrogens is 431 g/mol. The Bertz CT molecular complexity index is 1080. The Hall–Kier alpha value is -3.04. The third-order valence-corrected chi connectivity index (χ3v) is 6.74. The molecule has 168 valence electrons. The number of thiazole rings is 1. The van der Waals surface area contributed by atoms with Gasteiger partial charge in [0.2, 0.25) is 0 Å². The summed E-state index contributed by atoms with van der Waals surface area (Å²) in [7, 11) is 1.53. The van der Waals surface area contributed by atoms with Gasteiger partial charge in [0.05, 0.1) is 12.2 Å². The van der Waals surface area contributed by atoms with Crippen molar-refractivity contribution >= 4 is 28.4 Å². The predicted octanol–water partition coefficient (Wildman–Crippen LogP) is 4.37. The van der Waals surface area contributed by atoms with E-state index in [4.69, 9.17) is 4.74 Å². The number of nitrogens with zero attached hydrogens (tertiary/aromatic N) is 3. The van der Waals surface area contributed by atoms with Crippen LogP contribution < -0.4 is 10.2 Å². The summed E-state index contributed by atoms with van der Waals surface area (Å²) < 4.78 is 19.2. The van der Waals surface area contributed by atoms with Crippen molar-refractivity contribution in [2.45, 2.75) is 33.0 Å². The maximum absolute atomic E-state index is 13.6. The highest BCUT2D eigenvalue weighted by Crippen LogP contribution is 2.36. The van der Waals surface area contributed by atoms with Gasteiger partial charge in [-0.25, -0.2) is 19.1 Å². The Balaban J connectivity index is 1.54. The second kappa shape index (κ2) is 9.22. The largest absolute Gasteiger partial charge is 0.359 e. The maximum Gasteiger partial charge on any atom is 0.332 e. The Morgan fingerprint density at radius 3 is 2.75 bits per heavy atom. The monoisotopic (exact) mass is 456 g/mol. The van der Waals surface area contributed by atoms with Crippen LogP contribution in [0.5, 0.6) is 0 Å². The first-order valence-corrected chi connectivity index (χ1v) is 11.2. The molecule has 2 aromatic rings. The molecule has 2 atom stereocenters. The zero-order chi connectivity index (χ0) is 22.8. The molecule has 3 amide bonds. The van der Waals surface area contributed by atoms with Gasteiger partial charge in [0.15, 0.2) is 11.4 Å². The lowest BCUT2D eigenvalue weighted by Crippen LogP contribution is -2.36. The highest BCUT2D eigenvalue weighted by atomic mass is 32.1. The number of hydrogen-bond acceptors (Lipinski definition) is 5. The molecule has 1 aliphatic heterocycles. The zero-order valence-corrected chi connectivity index (χ0v) is 19.0. The van der Waals surface area contributed by atoms with Crippen LogP contribution >= 0.6 is 11.3 Å². The number of aromatic nitrogens is 1. The van der Waals surface area contributed by atoms with E-state index < -0.39 is 6.23 Å². The van der Waals surface area contributed by atoms with E-state index in [1.165, 1.54) is 18.1 Å². The van der Waals surface area contributed by atoms with Crippen LogP contribution in [0.4, 0.5) is 14.3 Å². The molecule has 7 nitrogen and oxygen atoms in total. The Kier molecular flexibility index (Phi) is 6.38. The number of anilines is 1. The van der Waals surface area contributed by atoms with Crippen LogP contribution in [-0.4, -0.2) is 41.7 Å². The number of rotatable bonds is 6. The second-order valence-electron chi connectivity index (χ2n) is 7.84. The molecule has 2 heterocycles. The predicted molar refractivity (Wildman–Crippen MR) is 121 cm³/mol. The van der Waals surface area contributed by atoms with Crippen LogP contribution in [0.3, 0.4) is 0 Å². The molecule has 0 radical (unpaired) electrons. The van der Waals surface area contributed by atoms with Crippen LogP contribution in [0, 0.1) is 12.8 Å². The molecule has 1 fully saturated rings. The lowest BCUT2D eigenvalue weighted by atomic mass is 9.97. The summed E-state index contributed by atoms with van der Waals surface area (Å²) >= 11 is 1.16. The van der Waals surface area contributed by atoms with Crippen molar-refractivity contribution in [1.82, 2.24) is 15.2 Å². The van der Waals surface area contributed by atoms with Gasteiger partial charge in [-0.15, -0.1) is 0 Å². The van der Waals surface area contributed by atoms with E-state index in [0.29, 0.717) is 28.8 Å². The van der Waals surface area contributed by atoms with E-state index in [2.05, 4.69) is 10.3 Å². The molecule has 1 saturated heterocycles. The molecule has 2 unspecified atom stereocenters. The van der Waals surface area contributed by atoms with Gasteiger partial charge in [0.1, 0.15) is 10.7 Å². The first-order valence-electron chi connectivity index (χ1n) is 10.4. The van der Waals surface area contributed by atoms with E-state index in [1.54, 1.807) is 17.9 Å². The van der Waals surface area contributed by atoms with Crippen molar-refractivity contribution in [2.75, 3.05) is 18.6 Å². The molecule has 1 aromatic heterocycles. The van der Waals surface area contributed by atoms with E-state index in [1.807, 2.05) is 37.3 Å². The van der Waals surface area contributed by atoms with Gasteiger partial charge in [-0.05, 0) is 24.6 Å². The number of ether oxygens (including phenoxy) is 1. The highest BCUT2D eigenvalue weighted by molar-refractivity contribution is 7.17. The number of benzene rings is 1. The van der Waals surface area contributed by atoms with Crippen LogP contribution in [0.25, 0.3) is 0 Å². The Morgan fingerprint density at radius 1 is 1.31 bits per heavy atom. The van der Waals surface area contributed by atoms with Crippen molar-refractivity contribution in [1.29, 1.82) is 0 Å². The third kappa shape index (κ3) is 4.31. The van der Waals surface area contributed by atoms with Crippen molar-refractivity contribution in [3.8, 4) is 0 Å². The molecule has 2 aliphatic rings. The van der Waals surface area contributed by atoms with Gasteiger partial charge >= 0.3 is 6.03 Å². The topological polar surface area (TPSA) is 74.8 Å². The minimum atomic E-state index is -0.558. The number of methoxy groups -OCH3 is 1. The Labute approximate surface area is 190 Å². The van der Waals surface area contributed by atoms with E-state index in [9.17, 15) is 14.0 Å². The van der Waals surface area contributed by atoms with Crippen LogP contribution in [0.15, 0.2) is 54.0 Å². The van der Waals surface area contributed by atoms with Crippen molar-refractivity contribution < 1.29 is 18.7 Å². The number of urea groups is 1. The average Bonchev–Trinajstić information content (AvgIpc) is 3.32. The summed E-state index contributed by atoms with van der Waals surface area (Å²) in [6.07, 6.45) is 2.75. The molecule has 1 aliphatic carbocycles. The number of nitrogens with one attached hydrogen (secondary N) is 1. The van der Waals surface area contributed by atoms with Crippen molar-refractivity contribution in [3.05, 3.63) is 70.1 Å².